The zero-order valence-electron chi connectivity index (χ0n) is 9.51. The number of nitrogens with two attached hydrogens (primary N) is 1. The van der Waals surface area contributed by atoms with E-state index >= 15 is 0 Å². The molecule has 0 heterocycles. The number of benzene rings is 2. The van der Waals surface area contributed by atoms with Crippen LogP contribution < -0.4 is 5.73 Å². The van der Waals surface area contributed by atoms with Gasteiger partial charge >= 0.3 is 5.97 Å². The van der Waals surface area contributed by atoms with Crippen LogP contribution in [0.5, 0.6) is 0 Å². The Bertz CT molecular complexity index is 584. The van der Waals surface area contributed by atoms with E-state index in [1.54, 1.807) is 36.4 Å². The summed E-state index contributed by atoms with van der Waals surface area (Å²) in [6.45, 7) is 0. The quantitative estimate of drug-likeness (QED) is 0.873. The van der Waals surface area contributed by atoms with Crippen LogP contribution in [0.3, 0.4) is 0 Å². The van der Waals surface area contributed by atoms with Crippen molar-refractivity contribution in [3.63, 3.8) is 0 Å². The Morgan fingerprint density at radius 1 is 1.11 bits per heavy atom. The summed E-state index contributed by atoms with van der Waals surface area (Å²) in [4.78, 5) is 10.8. The van der Waals surface area contributed by atoms with E-state index in [-0.39, 0.29) is 5.82 Å². The van der Waals surface area contributed by atoms with Crippen LogP contribution in [0.4, 0.5) is 4.39 Å². The second-order valence-corrected chi connectivity index (χ2v) is 3.95. The summed E-state index contributed by atoms with van der Waals surface area (Å²) in [5.74, 6) is -1.42. The summed E-state index contributed by atoms with van der Waals surface area (Å²) >= 11 is 0. The van der Waals surface area contributed by atoms with Crippen LogP contribution in [0.25, 0.3) is 11.1 Å². The lowest BCUT2D eigenvalue weighted by molar-refractivity contribution is -0.138. The van der Waals surface area contributed by atoms with E-state index in [9.17, 15) is 9.18 Å². The summed E-state index contributed by atoms with van der Waals surface area (Å²) in [5.41, 5.74) is 7.46. The number of halogens is 1. The van der Waals surface area contributed by atoms with Crippen LogP contribution in [0.1, 0.15) is 11.6 Å². The maximum Gasteiger partial charge on any atom is 0.325 e. The third-order valence-electron chi connectivity index (χ3n) is 2.67. The van der Waals surface area contributed by atoms with Gasteiger partial charge in [-0.15, -0.1) is 0 Å². The molecule has 0 spiro atoms. The van der Waals surface area contributed by atoms with Gasteiger partial charge in [-0.25, -0.2) is 4.39 Å². The Balaban J connectivity index is 2.41. The zero-order valence-corrected chi connectivity index (χ0v) is 9.51. The first-order valence-corrected chi connectivity index (χ1v) is 5.42. The first kappa shape index (κ1) is 12.3. The maximum atomic E-state index is 13.1. The van der Waals surface area contributed by atoms with E-state index in [4.69, 9.17) is 10.8 Å². The predicted octanol–water partition coefficient (Wildman–Crippen LogP) is 2.58. The summed E-state index contributed by atoms with van der Waals surface area (Å²) in [7, 11) is 0. The number of aliphatic carboxylic acids is 1. The highest BCUT2D eigenvalue weighted by atomic mass is 19.1. The molecule has 2 rings (SSSR count). The molecule has 3 nitrogen and oxygen atoms in total. The molecule has 18 heavy (non-hydrogen) atoms. The molecule has 0 aliphatic carbocycles. The van der Waals surface area contributed by atoms with Crippen LogP contribution in [0, 0.1) is 5.82 Å². The van der Waals surface area contributed by atoms with Crippen LogP contribution >= 0.6 is 0 Å². The van der Waals surface area contributed by atoms with Crippen molar-refractivity contribution >= 4 is 5.97 Å². The molecule has 0 unspecified atom stereocenters. The molecule has 0 radical (unpaired) electrons. The van der Waals surface area contributed by atoms with Crippen molar-refractivity contribution in [3.8, 4) is 11.1 Å². The standard InChI is InChI=1S/C14H12FNO2/c15-12-6-2-4-10(8-12)9-3-1-5-11(7-9)13(16)14(17)18/h1-8,13H,16H2,(H,17,18)/t13-/m0/s1. The molecule has 0 amide bonds. The summed E-state index contributed by atoms with van der Waals surface area (Å²) in [6.07, 6.45) is 0. The number of carboxylic acids is 1. The van der Waals surface area contributed by atoms with Crippen molar-refractivity contribution in [2.75, 3.05) is 0 Å². The number of hydrogen-bond donors (Lipinski definition) is 2. The van der Waals surface area contributed by atoms with Gasteiger partial charge in [-0.05, 0) is 34.9 Å². The van der Waals surface area contributed by atoms with Gasteiger partial charge in [0.1, 0.15) is 11.9 Å². The average Bonchev–Trinajstić information content (AvgIpc) is 2.38. The molecule has 1 atom stereocenters. The van der Waals surface area contributed by atoms with Gasteiger partial charge in [0, 0.05) is 0 Å². The molecule has 0 fully saturated rings. The lowest BCUT2D eigenvalue weighted by Crippen LogP contribution is -2.20. The maximum absolute atomic E-state index is 13.1. The molecule has 0 bridgehead atoms. The Morgan fingerprint density at radius 3 is 2.33 bits per heavy atom. The molecule has 0 saturated heterocycles. The second kappa shape index (κ2) is 4.98. The van der Waals surface area contributed by atoms with E-state index in [0.717, 1.165) is 5.56 Å². The monoisotopic (exact) mass is 245 g/mol. The average molecular weight is 245 g/mol. The van der Waals surface area contributed by atoms with Gasteiger partial charge in [0.2, 0.25) is 0 Å². The van der Waals surface area contributed by atoms with Gasteiger partial charge in [-0.3, -0.25) is 4.79 Å². The minimum Gasteiger partial charge on any atom is -0.480 e. The first-order chi connectivity index (χ1) is 8.58. The summed E-state index contributed by atoms with van der Waals surface area (Å²) < 4.78 is 13.1. The van der Waals surface area contributed by atoms with Crippen molar-refractivity contribution in [2.45, 2.75) is 6.04 Å². The lowest BCUT2D eigenvalue weighted by Gasteiger charge is -2.09. The largest absolute Gasteiger partial charge is 0.480 e. The molecule has 0 saturated carbocycles. The van der Waals surface area contributed by atoms with E-state index in [2.05, 4.69) is 0 Å². The zero-order chi connectivity index (χ0) is 13.1. The van der Waals surface area contributed by atoms with Crippen molar-refractivity contribution < 1.29 is 14.3 Å². The minimum absolute atomic E-state index is 0.333. The minimum atomic E-state index is -1.09. The third-order valence-corrected chi connectivity index (χ3v) is 2.67. The van der Waals surface area contributed by atoms with Crippen molar-refractivity contribution in [3.05, 3.63) is 59.9 Å². The smallest absolute Gasteiger partial charge is 0.325 e. The fourth-order valence-electron chi connectivity index (χ4n) is 1.72. The SMILES string of the molecule is N[C@H](C(=O)O)c1cccc(-c2cccc(F)c2)c1. The Morgan fingerprint density at radius 2 is 1.72 bits per heavy atom. The van der Waals surface area contributed by atoms with Crippen molar-refractivity contribution in [1.29, 1.82) is 0 Å². The molecular formula is C14H12FNO2. The molecule has 0 aliphatic rings. The molecule has 4 heteroatoms. The van der Waals surface area contributed by atoms with Gasteiger partial charge in [-0.2, -0.15) is 0 Å². The van der Waals surface area contributed by atoms with Crippen LogP contribution in [0.15, 0.2) is 48.5 Å². The Labute approximate surface area is 104 Å². The predicted molar refractivity (Wildman–Crippen MR) is 66.4 cm³/mol. The number of hydrogen-bond acceptors (Lipinski definition) is 2. The van der Waals surface area contributed by atoms with Gasteiger partial charge in [0.25, 0.3) is 0 Å². The Hall–Kier alpha value is -2.20. The van der Waals surface area contributed by atoms with E-state index in [0.29, 0.717) is 11.1 Å². The van der Waals surface area contributed by atoms with Crippen LogP contribution in [-0.2, 0) is 4.79 Å². The van der Waals surface area contributed by atoms with Gasteiger partial charge in [0.05, 0.1) is 0 Å². The number of carbonyl (C=O) groups is 1. The molecule has 2 aromatic rings. The van der Waals surface area contributed by atoms with Crippen molar-refractivity contribution in [1.82, 2.24) is 0 Å². The summed E-state index contributed by atoms with van der Waals surface area (Å²) in [5, 5.41) is 8.86. The van der Waals surface area contributed by atoms with Crippen LogP contribution in [0.2, 0.25) is 0 Å². The topological polar surface area (TPSA) is 63.3 Å². The third kappa shape index (κ3) is 2.55. The van der Waals surface area contributed by atoms with Gasteiger partial charge in [0.15, 0.2) is 0 Å². The summed E-state index contributed by atoms with van der Waals surface area (Å²) in [6, 6.07) is 11.8. The lowest BCUT2D eigenvalue weighted by atomic mass is 10.00. The molecule has 0 aromatic heterocycles. The molecule has 2 aromatic carbocycles. The van der Waals surface area contributed by atoms with Crippen molar-refractivity contribution in [2.24, 2.45) is 5.73 Å². The molecule has 0 aliphatic heterocycles. The fraction of sp³-hybridized carbons (Fsp3) is 0.0714. The van der Waals surface area contributed by atoms with Crippen LogP contribution in [-0.4, -0.2) is 11.1 Å². The first-order valence-electron chi connectivity index (χ1n) is 5.42. The normalized spacial score (nSPS) is 12.1. The highest BCUT2D eigenvalue weighted by molar-refractivity contribution is 5.76. The molecule has 92 valence electrons. The highest BCUT2D eigenvalue weighted by Crippen LogP contribution is 2.23. The Kier molecular flexibility index (Phi) is 3.39. The van der Waals surface area contributed by atoms with Gasteiger partial charge in [-0.1, -0.05) is 30.3 Å². The number of rotatable bonds is 3. The van der Waals surface area contributed by atoms with E-state index in [1.165, 1.54) is 12.1 Å². The molecular weight excluding hydrogens is 233 g/mol. The highest BCUT2D eigenvalue weighted by Gasteiger charge is 2.14. The van der Waals surface area contributed by atoms with E-state index in [1.807, 2.05) is 0 Å². The van der Waals surface area contributed by atoms with E-state index < -0.39 is 12.0 Å². The molecule has 3 N–H and O–H groups in total. The number of carboxylic acid groups (broad SMARTS) is 1. The fourth-order valence-corrected chi connectivity index (χ4v) is 1.72. The second-order valence-electron chi connectivity index (χ2n) is 3.95. The van der Waals surface area contributed by atoms with Gasteiger partial charge < -0.3 is 10.8 Å².